The van der Waals surface area contributed by atoms with Gasteiger partial charge in [-0.1, -0.05) is 36.4 Å². The van der Waals surface area contributed by atoms with Crippen LogP contribution in [0, 0.1) is 6.92 Å². The number of amides is 2. The molecule has 1 fully saturated rings. The van der Waals surface area contributed by atoms with E-state index in [4.69, 9.17) is 9.47 Å². The lowest BCUT2D eigenvalue weighted by Crippen LogP contribution is -2.39. The van der Waals surface area contributed by atoms with Gasteiger partial charge in [0.05, 0.1) is 12.1 Å². The molecule has 3 aliphatic rings. The topological polar surface area (TPSA) is 76.2 Å². The number of hydrogen-bond donors (Lipinski definition) is 0. The van der Waals surface area contributed by atoms with Crippen molar-refractivity contribution in [1.29, 1.82) is 0 Å². The summed E-state index contributed by atoms with van der Waals surface area (Å²) >= 11 is 0. The molecule has 5 rings (SSSR count). The molecule has 0 radical (unpaired) electrons. The van der Waals surface area contributed by atoms with E-state index >= 15 is 0 Å². The molecule has 1 atom stereocenters. The highest BCUT2D eigenvalue weighted by Gasteiger charge is 2.51. The van der Waals surface area contributed by atoms with Gasteiger partial charge in [-0.3, -0.25) is 4.79 Å². The summed E-state index contributed by atoms with van der Waals surface area (Å²) in [6, 6.07) is 13.4. The Hall–Kier alpha value is -3.61. The minimum absolute atomic E-state index is 0.0570. The van der Waals surface area contributed by atoms with Crippen LogP contribution in [0.5, 0.6) is 0 Å². The maximum absolute atomic E-state index is 13.6. The van der Waals surface area contributed by atoms with Crippen LogP contribution < -0.4 is 0 Å². The second-order valence-corrected chi connectivity index (χ2v) is 10.8. The Morgan fingerprint density at radius 3 is 2.56 bits per heavy atom. The van der Waals surface area contributed by atoms with Crippen LogP contribution in [0.4, 0.5) is 4.79 Å². The highest BCUT2D eigenvalue weighted by molar-refractivity contribution is 5.98. The van der Waals surface area contributed by atoms with Gasteiger partial charge in [-0.25, -0.2) is 9.59 Å². The van der Waals surface area contributed by atoms with E-state index in [1.807, 2.05) is 70.2 Å². The average Bonchev–Trinajstić information content (AvgIpc) is 3.39. The molecule has 2 amide bonds. The van der Waals surface area contributed by atoms with Gasteiger partial charge in [-0.05, 0) is 62.9 Å². The molecule has 7 heteroatoms. The van der Waals surface area contributed by atoms with Gasteiger partial charge in [-0.2, -0.15) is 0 Å². The van der Waals surface area contributed by atoms with Crippen LogP contribution in [-0.4, -0.2) is 59.5 Å². The van der Waals surface area contributed by atoms with Gasteiger partial charge in [0.15, 0.2) is 5.60 Å². The Labute approximate surface area is 211 Å². The normalized spacial score (nSPS) is 21.3. The molecule has 3 heterocycles. The minimum atomic E-state index is -0.758. The van der Waals surface area contributed by atoms with Crippen LogP contribution >= 0.6 is 0 Å². The number of carbonyl (C=O) groups excluding carboxylic acids is 3. The number of nitrogens with zero attached hydrogens (tertiary/aromatic N) is 2. The number of ether oxygens (including phenoxy) is 2. The predicted octanol–water partition coefficient (Wildman–Crippen LogP) is 4.93. The monoisotopic (exact) mass is 488 g/mol. The summed E-state index contributed by atoms with van der Waals surface area (Å²) in [6.07, 6.45) is 3.00. The van der Waals surface area contributed by atoms with E-state index in [1.165, 1.54) is 0 Å². The standard InChI is InChI=1S/C29H32N2O5/c1-19-9-10-21(20-11-14-30(15-12-20)27(34)36-28(2,3)4)17-23(19)25(32)31-16-13-29(18-31)24-8-6-5-7-22(24)26(33)35-29/h5-11,17H,12-16,18H2,1-4H3/t29-/m0/s1. The fourth-order valence-electron chi connectivity index (χ4n) is 5.25. The summed E-state index contributed by atoms with van der Waals surface area (Å²) in [5.74, 6) is -0.374. The highest BCUT2D eigenvalue weighted by Crippen LogP contribution is 2.43. The third-order valence-electron chi connectivity index (χ3n) is 7.14. The number of hydrogen-bond acceptors (Lipinski definition) is 5. The minimum Gasteiger partial charge on any atom is -0.449 e. The smallest absolute Gasteiger partial charge is 0.410 e. The summed E-state index contributed by atoms with van der Waals surface area (Å²) in [5, 5.41) is 0. The number of esters is 1. The fourth-order valence-corrected chi connectivity index (χ4v) is 5.25. The summed E-state index contributed by atoms with van der Waals surface area (Å²) < 4.78 is 11.3. The van der Waals surface area contributed by atoms with Crippen LogP contribution in [-0.2, 0) is 15.1 Å². The Morgan fingerprint density at radius 2 is 1.83 bits per heavy atom. The van der Waals surface area contributed by atoms with Crippen LogP contribution in [0.15, 0.2) is 48.5 Å². The van der Waals surface area contributed by atoms with E-state index in [2.05, 4.69) is 0 Å². The van der Waals surface area contributed by atoms with Crippen molar-refractivity contribution in [1.82, 2.24) is 9.80 Å². The Kier molecular flexibility index (Phi) is 5.89. The van der Waals surface area contributed by atoms with Crippen molar-refractivity contribution in [3.8, 4) is 0 Å². The molecular formula is C29H32N2O5. The predicted molar refractivity (Wildman–Crippen MR) is 136 cm³/mol. The van der Waals surface area contributed by atoms with Gasteiger partial charge in [0.2, 0.25) is 0 Å². The molecule has 3 aliphatic heterocycles. The Balaban J connectivity index is 1.32. The summed E-state index contributed by atoms with van der Waals surface area (Å²) in [7, 11) is 0. The molecule has 0 aromatic heterocycles. The van der Waals surface area contributed by atoms with Crippen LogP contribution in [0.1, 0.15) is 71.0 Å². The van der Waals surface area contributed by atoms with Crippen LogP contribution in [0.2, 0.25) is 0 Å². The van der Waals surface area contributed by atoms with Crippen molar-refractivity contribution in [3.05, 3.63) is 76.4 Å². The molecule has 0 N–H and O–H groups in total. The van der Waals surface area contributed by atoms with E-state index in [9.17, 15) is 14.4 Å². The van der Waals surface area contributed by atoms with E-state index in [1.54, 1.807) is 15.9 Å². The van der Waals surface area contributed by atoms with Crippen molar-refractivity contribution in [3.63, 3.8) is 0 Å². The van der Waals surface area contributed by atoms with Gasteiger partial charge in [0.25, 0.3) is 5.91 Å². The molecule has 1 spiro atoms. The maximum atomic E-state index is 13.6. The first kappa shape index (κ1) is 24.1. The third kappa shape index (κ3) is 4.38. The molecule has 36 heavy (non-hydrogen) atoms. The van der Waals surface area contributed by atoms with Crippen molar-refractivity contribution < 1.29 is 23.9 Å². The van der Waals surface area contributed by atoms with Gasteiger partial charge in [0.1, 0.15) is 5.60 Å². The van der Waals surface area contributed by atoms with Crippen molar-refractivity contribution >= 4 is 23.5 Å². The zero-order valence-electron chi connectivity index (χ0n) is 21.3. The molecule has 2 aromatic rings. The number of carbonyl (C=O) groups is 3. The van der Waals surface area contributed by atoms with E-state index < -0.39 is 11.2 Å². The largest absolute Gasteiger partial charge is 0.449 e. The highest BCUT2D eigenvalue weighted by atomic mass is 16.6. The van der Waals surface area contributed by atoms with Gasteiger partial charge in [0, 0.05) is 37.2 Å². The molecule has 0 bridgehead atoms. The summed E-state index contributed by atoms with van der Waals surface area (Å²) in [5.41, 5.74) is 3.83. The molecular weight excluding hydrogens is 456 g/mol. The summed E-state index contributed by atoms with van der Waals surface area (Å²) in [4.78, 5) is 41.9. The van der Waals surface area contributed by atoms with Crippen LogP contribution in [0.25, 0.3) is 5.57 Å². The second kappa shape index (κ2) is 8.80. The molecule has 2 aromatic carbocycles. The quantitative estimate of drug-likeness (QED) is 0.560. The van der Waals surface area contributed by atoms with E-state index in [0.717, 1.165) is 22.3 Å². The number of rotatable bonds is 2. The van der Waals surface area contributed by atoms with Crippen LogP contribution in [0.3, 0.4) is 0 Å². The van der Waals surface area contributed by atoms with Gasteiger partial charge < -0.3 is 19.3 Å². The Bertz CT molecular complexity index is 1270. The van der Waals surface area contributed by atoms with Gasteiger partial charge >= 0.3 is 12.1 Å². The first-order valence-electron chi connectivity index (χ1n) is 12.5. The number of benzene rings is 2. The number of aryl methyl sites for hydroxylation is 1. The van der Waals surface area contributed by atoms with Crippen molar-refractivity contribution in [2.24, 2.45) is 0 Å². The molecule has 7 nitrogen and oxygen atoms in total. The van der Waals surface area contributed by atoms with E-state index in [-0.39, 0.29) is 18.0 Å². The maximum Gasteiger partial charge on any atom is 0.410 e. The van der Waals surface area contributed by atoms with E-state index in [0.29, 0.717) is 50.1 Å². The number of likely N-dealkylation sites (tertiary alicyclic amines) is 1. The molecule has 188 valence electrons. The average molecular weight is 489 g/mol. The molecule has 0 saturated carbocycles. The lowest BCUT2D eigenvalue weighted by Gasteiger charge is -2.30. The zero-order valence-corrected chi connectivity index (χ0v) is 21.3. The SMILES string of the molecule is Cc1ccc(C2=CCN(C(=O)OC(C)(C)C)CC2)cc1C(=O)N1CC[C@@]2(C1)OC(=O)c1ccccc12. The molecule has 0 aliphatic carbocycles. The first-order chi connectivity index (χ1) is 17.1. The third-order valence-corrected chi connectivity index (χ3v) is 7.14. The molecule has 1 saturated heterocycles. The Morgan fingerprint density at radius 1 is 1.06 bits per heavy atom. The lowest BCUT2D eigenvalue weighted by atomic mass is 9.91. The zero-order chi connectivity index (χ0) is 25.7. The first-order valence-corrected chi connectivity index (χ1v) is 12.5. The van der Waals surface area contributed by atoms with Crippen molar-refractivity contribution in [2.45, 2.75) is 51.7 Å². The molecule has 0 unspecified atom stereocenters. The lowest BCUT2D eigenvalue weighted by molar-refractivity contribution is -0.00309. The number of fused-ring (bicyclic) bond motifs is 2. The van der Waals surface area contributed by atoms with Gasteiger partial charge in [-0.15, -0.1) is 0 Å². The fraction of sp³-hybridized carbons (Fsp3) is 0.414. The second-order valence-electron chi connectivity index (χ2n) is 10.8. The summed E-state index contributed by atoms with van der Waals surface area (Å²) in [6.45, 7) is 9.44. The van der Waals surface area contributed by atoms with Crippen molar-refractivity contribution in [2.75, 3.05) is 26.2 Å².